The summed E-state index contributed by atoms with van der Waals surface area (Å²) >= 11 is 0. The fourth-order valence-corrected chi connectivity index (χ4v) is 3.47. The van der Waals surface area contributed by atoms with Crippen molar-refractivity contribution >= 4 is 0 Å². The van der Waals surface area contributed by atoms with Gasteiger partial charge in [0.15, 0.2) is 0 Å². The van der Waals surface area contributed by atoms with Crippen LogP contribution in [0.4, 0.5) is 0 Å². The standard InChI is InChI=1S/C15H34N2/c1-12(2,3)10-14(6,7)17-15(8,9)11-13(4,5)16/h17H,10-11,16H2,1-9H3. The molecule has 0 aliphatic carbocycles. The van der Waals surface area contributed by atoms with Crippen molar-refractivity contribution in [3.63, 3.8) is 0 Å². The summed E-state index contributed by atoms with van der Waals surface area (Å²) in [6, 6.07) is 0. The van der Waals surface area contributed by atoms with E-state index in [9.17, 15) is 0 Å². The Morgan fingerprint density at radius 3 is 1.35 bits per heavy atom. The largest absolute Gasteiger partial charge is 0.325 e. The third-order valence-corrected chi connectivity index (χ3v) is 2.55. The molecule has 0 fully saturated rings. The Hall–Kier alpha value is -0.0800. The second-order valence-electron chi connectivity index (χ2n) is 8.80. The maximum absolute atomic E-state index is 6.13. The molecule has 17 heavy (non-hydrogen) atoms. The van der Waals surface area contributed by atoms with Gasteiger partial charge < -0.3 is 11.1 Å². The van der Waals surface area contributed by atoms with E-state index in [4.69, 9.17) is 5.73 Å². The van der Waals surface area contributed by atoms with E-state index in [-0.39, 0.29) is 16.6 Å². The smallest absolute Gasteiger partial charge is 0.0147 e. The highest BCUT2D eigenvalue weighted by molar-refractivity contribution is 4.94. The normalized spacial score (nSPS) is 15.2. The summed E-state index contributed by atoms with van der Waals surface area (Å²) in [5.74, 6) is 0. The summed E-state index contributed by atoms with van der Waals surface area (Å²) in [6.45, 7) is 20.1. The topological polar surface area (TPSA) is 38.0 Å². The third-order valence-electron chi connectivity index (χ3n) is 2.55. The summed E-state index contributed by atoms with van der Waals surface area (Å²) < 4.78 is 0. The third kappa shape index (κ3) is 9.61. The summed E-state index contributed by atoms with van der Waals surface area (Å²) in [5.41, 5.74) is 6.53. The molecule has 2 nitrogen and oxygen atoms in total. The van der Waals surface area contributed by atoms with Crippen LogP contribution in [0.15, 0.2) is 0 Å². The van der Waals surface area contributed by atoms with E-state index in [1.54, 1.807) is 0 Å². The molecule has 0 aliphatic rings. The molecule has 0 aliphatic heterocycles. The van der Waals surface area contributed by atoms with E-state index >= 15 is 0 Å². The minimum Gasteiger partial charge on any atom is -0.325 e. The second-order valence-corrected chi connectivity index (χ2v) is 8.80. The lowest BCUT2D eigenvalue weighted by Gasteiger charge is -2.43. The predicted molar refractivity (Wildman–Crippen MR) is 78.2 cm³/mol. The molecule has 0 unspecified atom stereocenters. The Balaban J connectivity index is 4.59. The van der Waals surface area contributed by atoms with E-state index in [0.717, 1.165) is 12.8 Å². The van der Waals surface area contributed by atoms with Gasteiger partial charge in [-0.3, -0.25) is 0 Å². The lowest BCUT2D eigenvalue weighted by molar-refractivity contribution is 0.170. The lowest BCUT2D eigenvalue weighted by Crippen LogP contribution is -2.56. The first-order valence-electron chi connectivity index (χ1n) is 6.70. The van der Waals surface area contributed by atoms with Crippen LogP contribution in [0.2, 0.25) is 0 Å². The Morgan fingerprint density at radius 1 is 0.706 bits per heavy atom. The fourth-order valence-electron chi connectivity index (χ4n) is 3.47. The number of nitrogens with one attached hydrogen (secondary N) is 1. The molecule has 0 saturated carbocycles. The minimum absolute atomic E-state index is 0.0625. The zero-order chi connectivity index (χ0) is 14.1. The van der Waals surface area contributed by atoms with Gasteiger partial charge >= 0.3 is 0 Å². The number of nitrogens with two attached hydrogens (primary N) is 1. The Bertz CT molecular complexity index is 213. The van der Waals surface area contributed by atoms with Gasteiger partial charge in [0.25, 0.3) is 0 Å². The molecule has 0 aromatic rings. The van der Waals surface area contributed by atoms with Gasteiger partial charge in [-0.1, -0.05) is 20.8 Å². The molecule has 104 valence electrons. The summed E-state index contributed by atoms with van der Waals surface area (Å²) in [4.78, 5) is 0. The molecule has 0 bridgehead atoms. The van der Waals surface area contributed by atoms with Crippen molar-refractivity contribution in [1.82, 2.24) is 5.32 Å². The van der Waals surface area contributed by atoms with E-state index in [2.05, 4.69) is 67.6 Å². The minimum atomic E-state index is -0.131. The van der Waals surface area contributed by atoms with Crippen LogP contribution < -0.4 is 11.1 Å². The molecule has 0 aromatic carbocycles. The van der Waals surface area contributed by atoms with Crippen LogP contribution in [0.1, 0.15) is 75.2 Å². The van der Waals surface area contributed by atoms with E-state index in [1.807, 2.05) is 0 Å². The van der Waals surface area contributed by atoms with Crippen LogP contribution in [-0.2, 0) is 0 Å². The number of hydrogen-bond acceptors (Lipinski definition) is 2. The van der Waals surface area contributed by atoms with E-state index in [0.29, 0.717) is 5.41 Å². The molecule has 0 aromatic heterocycles. The van der Waals surface area contributed by atoms with Crippen LogP contribution in [-0.4, -0.2) is 16.6 Å². The van der Waals surface area contributed by atoms with Gasteiger partial charge in [-0.25, -0.2) is 0 Å². The number of hydrogen-bond donors (Lipinski definition) is 2. The van der Waals surface area contributed by atoms with Crippen molar-refractivity contribution < 1.29 is 0 Å². The van der Waals surface area contributed by atoms with Gasteiger partial charge in [0.2, 0.25) is 0 Å². The highest BCUT2D eigenvalue weighted by Crippen LogP contribution is 2.30. The average molecular weight is 242 g/mol. The zero-order valence-corrected chi connectivity index (χ0v) is 13.5. The van der Waals surface area contributed by atoms with Gasteiger partial charge in [-0.05, 0) is 59.8 Å². The fraction of sp³-hybridized carbons (Fsp3) is 1.00. The predicted octanol–water partition coefficient (Wildman–Crippen LogP) is 3.70. The molecule has 0 spiro atoms. The lowest BCUT2D eigenvalue weighted by atomic mass is 9.79. The molecular weight excluding hydrogens is 208 g/mol. The van der Waals surface area contributed by atoms with Crippen molar-refractivity contribution in [2.75, 3.05) is 0 Å². The van der Waals surface area contributed by atoms with Crippen LogP contribution >= 0.6 is 0 Å². The highest BCUT2D eigenvalue weighted by atomic mass is 15.0. The van der Waals surface area contributed by atoms with Gasteiger partial charge in [-0.15, -0.1) is 0 Å². The van der Waals surface area contributed by atoms with Crippen molar-refractivity contribution in [2.45, 2.75) is 91.8 Å². The van der Waals surface area contributed by atoms with Crippen LogP contribution in [0.5, 0.6) is 0 Å². The molecular formula is C15H34N2. The van der Waals surface area contributed by atoms with Gasteiger partial charge in [-0.2, -0.15) is 0 Å². The number of rotatable bonds is 5. The van der Waals surface area contributed by atoms with Crippen molar-refractivity contribution in [1.29, 1.82) is 0 Å². The Labute approximate surface area is 109 Å². The van der Waals surface area contributed by atoms with Gasteiger partial charge in [0, 0.05) is 16.6 Å². The monoisotopic (exact) mass is 242 g/mol. The molecule has 0 rings (SSSR count). The molecule has 3 N–H and O–H groups in total. The van der Waals surface area contributed by atoms with Crippen molar-refractivity contribution in [2.24, 2.45) is 11.1 Å². The maximum atomic E-state index is 6.13. The second kappa shape index (κ2) is 4.89. The molecule has 0 amide bonds. The van der Waals surface area contributed by atoms with Crippen molar-refractivity contribution in [3.8, 4) is 0 Å². The molecule has 0 atom stereocenters. The van der Waals surface area contributed by atoms with Gasteiger partial charge in [0.1, 0.15) is 0 Å². The highest BCUT2D eigenvalue weighted by Gasteiger charge is 2.33. The molecule has 0 radical (unpaired) electrons. The Kier molecular flexibility index (Phi) is 4.87. The van der Waals surface area contributed by atoms with Gasteiger partial charge in [0.05, 0.1) is 0 Å². The van der Waals surface area contributed by atoms with Crippen molar-refractivity contribution in [3.05, 3.63) is 0 Å². The zero-order valence-electron chi connectivity index (χ0n) is 13.5. The molecule has 2 heteroatoms. The summed E-state index contributed by atoms with van der Waals surface area (Å²) in [5, 5.41) is 3.77. The first-order chi connectivity index (χ1) is 7.12. The summed E-state index contributed by atoms with van der Waals surface area (Å²) in [6.07, 6.45) is 2.11. The van der Waals surface area contributed by atoms with Crippen LogP contribution in [0.25, 0.3) is 0 Å². The molecule has 0 saturated heterocycles. The average Bonchev–Trinajstić information content (AvgIpc) is 1.65. The van der Waals surface area contributed by atoms with Crippen LogP contribution in [0, 0.1) is 5.41 Å². The SMILES string of the molecule is CC(C)(C)CC(C)(C)NC(C)(C)CC(C)(C)N. The molecule has 0 heterocycles. The Morgan fingerprint density at radius 2 is 1.06 bits per heavy atom. The quantitative estimate of drug-likeness (QED) is 0.771. The summed E-state index contributed by atoms with van der Waals surface area (Å²) in [7, 11) is 0. The first kappa shape index (κ1) is 16.9. The first-order valence-corrected chi connectivity index (χ1v) is 6.70. The maximum Gasteiger partial charge on any atom is 0.0147 e. The van der Waals surface area contributed by atoms with E-state index in [1.165, 1.54) is 0 Å². The van der Waals surface area contributed by atoms with E-state index < -0.39 is 0 Å². The van der Waals surface area contributed by atoms with Crippen LogP contribution in [0.3, 0.4) is 0 Å².